The van der Waals surface area contributed by atoms with Gasteiger partial charge in [0.05, 0.1) is 0 Å². The minimum Gasteiger partial charge on any atom is -0.0882 e. The molecule has 0 saturated heterocycles. The van der Waals surface area contributed by atoms with Gasteiger partial charge in [0.1, 0.15) is 0 Å². The van der Waals surface area contributed by atoms with Crippen molar-refractivity contribution in [1.29, 1.82) is 0 Å². The average Bonchev–Trinajstić information content (AvgIpc) is 2.71. The van der Waals surface area contributed by atoms with E-state index in [1.165, 1.54) is 32.1 Å². The SMILES string of the molecule is C1=C[C@H](C2CC2)CCC1. The molecule has 1 atom stereocenters. The third-order valence-corrected chi connectivity index (χ3v) is 2.52. The second kappa shape index (κ2) is 2.17. The third-order valence-electron chi connectivity index (χ3n) is 2.52. The molecule has 2 rings (SSSR count). The minimum atomic E-state index is 0.985. The van der Waals surface area contributed by atoms with E-state index in [4.69, 9.17) is 0 Å². The molecule has 0 aromatic heterocycles. The van der Waals surface area contributed by atoms with E-state index >= 15 is 0 Å². The van der Waals surface area contributed by atoms with Gasteiger partial charge in [-0.15, -0.1) is 0 Å². The highest BCUT2D eigenvalue weighted by Crippen LogP contribution is 2.41. The van der Waals surface area contributed by atoms with Gasteiger partial charge in [0, 0.05) is 0 Å². The van der Waals surface area contributed by atoms with E-state index < -0.39 is 0 Å². The van der Waals surface area contributed by atoms with Gasteiger partial charge in [0.25, 0.3) is 0 Å². The second-order valence-electron chi connectivity index (χ2n) is 3.36. The Hall–Kier alpha value is -0.260. The Morgan fingerprint density at radius 1 is 1.11 bits per heavy atom. The van der Waals surface area contributed by atoms with Crippen molar-refractivity contribution in [2.24, 2.45) is 11.8 Å². The first-order valence-electron chi connectivity index (χ1n) is 4.13. The van der Waals surface area contributed by atoms with Crippen LogP contribution in [-0.4, -0.2) is 0 Å². The molecule has 0 heteroatoms. The number of rotatable bonds is 1. The fraction of sp³-hybridized carbons (Fsp3) is 0.778. The Bertz CT molecular complexity index is 120. The van der Waals surface area contributed by atoms with Crippen LogP contribution in [-0.2, 0) is 0 Å². The van der Waals surface area contributed by atoms with Crippen LogP contribution in [0.2, 0.25) is 0 Å². The Labute approximate surface area is 57.0 Å². The fourth-order valence-corrected chi connectivity index (χ4v) is 1.76. The van der Waals surface area contributed by atoms with E-state index in [1.807, 2.05) is 0 Å². The van der Waals surface area contributed by atoms with E-state index in [2.05, 4.69) is 12.2 Å². The van der Waals surface area contributed by atoms with Gasteiger partial charge in [-0.2, -0.15) is 0 Å². The second-order valence-corrected chi connectivity index (χ2v) is 3.36. The van der Waals surface area contributed by atoms with Gasteiger partial charge in [0.15, 0.2) is 0 Å². The van der Waals surface area contributed by atoms with E-state index in [9.17, 15) is 0 Å². The predicted octanol–water partition coefficient (Wildman–Crippen LogP) is 2.75. The van der Waals surface area contributed by atoms with Crippen molar-refractivity contribution in [3.05, 3.63) is 12.2 Å². The van der Waals surface area contributed by atoms with Crippen LogP contribution in [0.3, 0.4) is 0 Å². The molecule has 50 valence electrons. The van der Waals surface area contributed by atoms with E-state index in [-0.39, 0.29) is 0 Å². The molecule has 0 N–H and O–H groups in total. The van der Waals surface area contributed by atoms with Crippen molar-refractivity contribution in [2.45, 2.75) is 32.1 Å². The van der Waals surface area contributed by atoms with Crippen LogP contribution >= 0.6 is 0 Å². The van der Waals surface area contributed by atoms with Crippen molar-refractivity contribution in [2.75, 3.05) is 0 Å². The number of allylic oxidation sites excluding steroid dienone is 2. The summed E-state index contributed by atoms with van der Waals surface area (Å²) < 4.78 is 0. The highest BCUT2D eigenvalue weighted by Gasteiger charge is 2.29. The van der Waals surface area contributed by atoms with Gasteiger partial charge in [-0.1, -0.05) is 12.2 Å². The molecule has 0 spiro atoms. The van der Waals surface area contributed by atoms with Gasteiger partial charge in [-0.05, 0) is 43.9 Å². The van der Waals surface area contributed by atoms with Crippen LogP contribution in [0, 0.1) is 11.8 Å². The largest absolute Gasteiger partial charge is 0.0882 e. The average molecular weight is 122 g/mol. The topological polar surface area (TPSA) is 0 Å². The molecule has 0 heterocycles. The molecular weight excluding hydrogens is 108 g/mol. The number of hydrogen-bond acceptors (Lipinski definition) is 0. The van der Waals surface area contributed by atoms with E-state index in [0.717, 1.165) is 11.8 Å². The zero-order chi connectivity index (χ0) is 6.10. The summed E-state index contributed by atoms with van der Waals surface area (Å²) in [5.74, 6) is 2.08. The van der Waals surface area contributed by atoms with Crippen LogP contribution in [0.25, 0.3) is 0 Å². The molecule has 0 amide bonds. The summed E-state index contributed by atoms with van der Waals surface area (Å²) >= 11 is 0. The molecule has 2 aliphatic carbocycles. The van der Waals surface area contributed by atoms with Crippen LogP contribution in [0.4, 0.5) is 0 Å². The first kappa shape index (κ1) is 5.52. The molecule has 0 aromatic rings. The standard InChI is InChI=1S/C9H14/c1-2-4-8(5-3-1)9-6-7-9/h2,4,8-9H,1,3,5-7H2/t8-/m0/s1. The lowest BCUT2D eigenvalue weighted by atomic mass is 9.92. The lowest BCUT2D eigenvalue weighted by Crippen LogP contribution is -2.01. The normalized spacial score (nSPS) is 34.9. The first-order chi connectivity index (χ1) is 4.47. The molecule has 0 bridgehead atoms. The molecule has 0 radical (unpaired) electrons. The van der Waals surface area contributed by atoms with Crippen LogP contribution in [0.15, 0.2) is 12.2 Å². The summed E-state index contributed by atoms with van der Waals surface area (Å²) in [6.45, 7) is 0. The highest BCUT2D eigenvalue weighted by molar-refractivity contribution is 4.99. The van der Waals surface area contributed by atoms with Crippen LogP contribution in [0.1, 0.15) is 32.1 Å². The summed E-state index contributed by atoms with van der Waals surface area (Å²) in [5, 5.41) is 0. The smallest absolute Gasteiger partial charge is 0.0205 e. The zero-order valence-electron chi connectivity index (χ0n) is 5.84. The molecule has 0 aliphatic heterocycles. The lowest BCUT2D eigenvalue weighted by Gasteiger charge is -2.14. The summed E-state index contributed by atoms with van der Waals surface area (Å²) in [5.41, 5.74) is 0. The minimum absolute atomic E-state index is 0.985. The quantitative estimate of drug-likeness (QED) is 0.469. The Morgan fingerprint density at radius 3 is 2.56 bits per heavy atom. The van der Waals surface area contributed by atoms with Crippen molar-refractivity contribution >= 4 is 0 Å². The third kappa shape index (κ3) is 1.17. The monoisotopic (exact) mass is 122 g/mol. The molecule has 1 saturated carbocycles. The summed E-state index contributed by atoms with van der Waals surface area (Å²) in [7, 11) is 0. The van der Waals surface area contributed by atoms with Crippen molar-refractivity contribution < 1.29 is 0 Å². The maximum absolute atomic E-state index is 2.45. The Balaban J connectivity index is 1.94. The lowest BCUT2D eigenvalue weighted by molar-refractivity contribution is 0.486. The summed E-state index contributed by atoms with van der Waals surface area (Å²) in [6, 6.07) is 0. The summed E-state index contributed by atoms with van der Waals surface area (Å²) in [4.78, 5) is 0. The van der Waals surface area contributed by atoms with Gasteiger partial charge in [-0.3, -0.25) is 0 Å². The Morgan fingerprint density at radius 2 is 2.00 bits per heavy atom. The van der Waals surface area contributed by atoms with Gasteiger partial charge < -0.3 is 0 Å². The van der Waals surface area contributed by atoms with E-state index in [1.54, 1.807) is 0 Å². The predicted molar refractivity (Wildman–Crippen MR) is 39.2 cm³/mol. The zero-order valence-corrected chi connectivity index (χ0v) is 5.84. The molecule has 0 unspecified atom stereocenters. The van der Waals surface area contributed by atoms with Gasteiger partial charge in [-0.25, -0.2) is 0 Å². The first-order valence-corrected chi connectivity index (χ1v) is 4.13. The fourth-order valence-electron chi connectivity index (χ4n) is 1.76. The van der Waals surface area contributed by atoms with Crippen LogP contribution in [0.5, 0.6) is 0 Å². The molecule has 2 aliphatic rings. The van der Waals surface area contributed by atoms with Crippen LogP contribution < -0.4 is 0 Å². The van der Waals surface area contributed by atoms with Crippen molar-refractivity contribution in [3.63, 3.8) is 0 Å². The van der Waals surface area contributed by atoms with Gasteiger partial charge in [0.2, 0.25) is 0 Å². The number of hydrogen-bond donors (Lipinski definition) is 0. The maximum atomic E-state index is 2.45. The Kier molecular flexibility index (Phi) is 1.33. The van der Waals surface area contributed by atoms with Crippen molar-refractivity contribution in [1.82, 2.24) is 0 Å². The molecule has 0 nitrogen and oxygen atoms in total. The van der Waals surface area contributed by atoms with Crippen molar-refractivity contribution in [3.8, 4) is 0 Å². The maximum Gasteiger partial charge on any atom is -0.0205 e. The molecule has 0 aromatic carbocycles. The van der Waals surface area contributed by atoms with Gasteiger partial charge >= 0.3 is 0 Å². The molecule has 1 fully saturated rings. The summed E-state index contributed by atoms with van der Waals surface area (Å²) in [6.07, 6.45) is 12.1. The molecular formula is C9H14. The highest BCUT2D eigenvalue weighted by atomic mass is 14.3. The molecule has 9 heavy (non-hydrogen) atoms. The van der Waals surface area contributed by atoms with E-state index in [0.29, 0.717) is 0 Å².